The molecule has 3 aromatic carbocycles. The standard InChI is InChI=1S/C24H21BrFN3O/c1-14-6-12-17(13-7-14)29-23(18-4-2-3-5-19(18)26)20-21(27-28-22(20)24(29)30)15-8-10-16(25)11-9-15/h2-13,20-23,27-28H,1H3. The second-order valence-electron chi connectivity index (χ2n) is 7.88. The van der Waals surface area contributed by atoms with Crippen LogP contribution in [-0.4, -0.2) is 11.9 Å². The lowest BCUT2D eigenvalue weighted by Crippen LogP contribution is -2.41. The molecule has 2 aliphatic rings. The van der Waals surface area contributed by atoms with Crippen molar-refractivity contribution in [3.05, 3.63) is 99.8 Å². The van der Waals surface area contributed by atoms with E-state index >= 15 is 0 Å². The first kappa shape index (κ1) is 19.4. The van der Waals surface area contributed by atoms with Gasteiger partial charge in [-0.25, -0.2) is 15.2 Å². The second-order valence-corrected chi connectivity index (χ2v) is 8.80. The Morgan fingerprint density at radius 3 is 2.27 bits per heavy atom. The zero-order chi connectivity index (χ0) is 20.8. The normalized spacial score (nSPS) is 25.6. The Bertz CT molecular complexity index is 1090. The highest BCUT2D eigenvalue weighted by Crippen LogP contribution is 2.49. The van der Waals surface area contributed by atoms with Gasteiger partial charge in [-0.3, -0.25) is 4.79 Å². The average Bonchev–Trinajstić information content (AvgIpc) is 3.29. The third kappa shape index (κ3) is 3.16. The smallest absolute Gasteiger partial charge is 0.246 e. The number of rotatable bonds is 3. The van der Waals surface area contributed by atoms with Gasteiger partial charge in [0.25, 0.3) is 0 Å². The fourth-order valence-electron chi connectivity index (χ4n) is 4.64. The number of hydrazine groups is 1. The van der Waals surface area contributed by atoms with Crippen LogP contribution >= 0.6 is 15.9 Å². The van der Waals surface area contributed by atoms with Crippen LogP contribution in [0.25, 0.3) is 0 Å². The predicted molar refractivity (Wildman–Crippen MR) is 118 cm³/mol. The number of amides is 1. The maximum Gasteiger partial charge on any atom is 0.246 e. The fraction of sp³-hybridized carbons (Fsp3) is 0.208. The van der Waals surface area contributed by atoms with Crippen molar-refractivity contribution in [2.75, 3.05) is 4.90 Å². The Morgan fingerprint density at radius 1 is 0.900 bits per heavy atom. The monoisotopic (exact) mass is 465 g/mol. The molecular weight excluding hydrogens is 445 g/mol. The number of hydrogen-bond donors (Lipinski definition) is 2. The molecule has 2 fully saturated rings. The number of halogens is 2. The maximum absolute atomic E-state index is 15.0. The molecule has 2 heterocycles. The number of carbonyl (C=O) groups is 1. The van der Waals surface area contributed by atoms with E-state index in [1.54, 1.807) is 17.0 Å². The molecule has 1 amide bonds. The molecule has 2 N–H and O–H groups in total. The predicted octanol–water partition coefficient (Wildman–Crippen LogP) is 4.82. The summed E-state index contributed by atoms with van der Waals surface area (Å²) in [5.41, 5.74) is 9.96. The molecule has 2 aliphatic heterocycles. The van der Waals surface area contributed by atoms with Gasteiger partial charge in [-0.05, 0) is 42.8 Å². The van der Waals surface area contributed by atoms with Crippen molar-refractivity contribution in [2.24, 2.45) is 5.92 Å². The molecule has 5 rings (SSSR count). The quantitative estimate of drug-likeness (QED) is 0.582. The van der Waals surface area contributed by atoms with Gasteiger partial charge < -0.3 is 4.90 Å². The molecule has 4 unspecified atom stereocenters. The van der Waals surface area contributed by atoms with Gasteiger partial charge in [0, 0.05) is 21.6 Å². The molecule has 152 valence electrons. The Hall–Kier alpha value is -2.54. The van der Waals surface area contributed by atoms with Crippen molar-refractivity contribution in [3.8, 4) is 0 Å². The number of carbonyl (C=O) groups excluding carboxylic acids is 1. The lowest BCUT2D eigenvalue weighted by molar-refractivity contribution is -0.119. The van der Waals surface area contributed by atoms with Crippen LogP contribution in [0.3, 0.4) is 0 Å². The molecule has 0 spiro atoms. The molecule has 2 saturated heterocycles. The van der Waals surface area contributed by atoms with Crippen LogP contribution in [0.2, 0.25) is 0 Å². The highest BCUT2D eigenvalue weighted by Gasteiger charge is 2.56. The number of nitrogens with one attached hydrogen (secondary N) is 2. The van der Waals surface area contributed by atoms with Crippen molar-refractivity contribution < 1.29 is 9.18 Å². The summed E-state index contributed by atoms with van der Waals surface area (Å²) in [5, 5.41) is 0. The summed E-state index contributed by atoms with van der Waals surface area (Å²) in [5.74, 6) is -0.518. The van der Waals surface area contributed by atoms with E-state index in [1.165, 1.54) is 6.07 Å². The van der Waals surface area contributed by atoms with Gasteiger partial charge in [-0.2, -0.15) is 0 Å². The zero-order valence-corrected chi connectivity index (χ0v) is 17.9. The minimum atomic E-state index is -0.440. The van der Waals surface area contributed by atoms with Crippen LogP contribution < -0.4 is 15.8 Å². The molecule has 0 radical (unpaired) electrons. The van der Waals surface area contributed by atoms with E-state index in [4.69, 9.17) is 0 Å². The van der Waals surface area contributed by atoms with Gasteiger partial charge >= 0.3 is 0 Å². The van der Waals surface area contributed by atoms with Crippen LogP contribution in [0.4, 0.5) is 10.1 Å². The first-order valence-electron chi connectivity index (χ1n) is 9.95. The van der Waals surface area contributed by atoms with Crippen LogP contribution in [-0.2, 0) is 4.79 Å². The summed E-state index contributed by atoms with van der Waals surface area (Å²) in [4.78, 5) is 15.2. The van der Waals surface area contributed by atoms with Gasteiger partial charge in [-0.1, -0.05) is 64.0 Å². The SMILES string of the molecule is Cc1ccc(N2C(=O)C3NNC(c4ccc(Br)cc4)C3C2c2ccccc2F)cc1. The minimum absolute atomic E-state index is 0.0517. The van der Waals surface area contributed by atoms with Crippen LogP contribution in [0.1, 0.15) is 28.8 Å². The number of nitrogens with zero attached hydrogens (tertiary/aromatic N) is 1. The number of aryl methyl sites for hydroxylation is 1. The number of fused-ring (bicyclic) bond motifs is 1. The topological polar surface area (TPSA) is 44.4 Å². The molecule has 0 aliphatic carbocycles. The maximum atomic E-state index is 15.0. The molecule has 3 aromatic rings. The second kappa shape index (κ2) is 7.61. The molecule has 4 atom stereocenters. The van der Waals surface area contributed by atoms with Crippen LogP contribution in [0, 0.1) is 18.7 Å². The number of benzene rings is 3. The van der Waals surface area contributed by atoms with Crippen molar-refractivity contribution in [1.82, 2.24) is 10.9 Å². The van der Waals surface area contributed by atoms with Gasteiger partial charge in [0.1, 0.15) is 11.9 Å². The molecule has 30 heavy (non-hydrogen) atoms. The lowest BCUT2D eigenvalue weighted by atomic mass is 9.83. The molecular formula is C24H21BrFN3O. The third-order valence-electron chi connectivity index (χ3n) is 6.08. The van der Waals surface area contributed by atoms with Gasteiger partial charge in [0.15, 0.2) is 0 Å². The van der Waals surface area contributed by atoms with E-state index in [2.05, 4.69) is 26.8 Å². The first-order chi connectivity index (χ1) is 14.5. The molecule has 4 nitrogen and oxygen atoms in total. The van der Waals surface area contributed by atoms with E-state index in [-0.39, 0.29) is 23.7 Å². The molecule has 0 aromatic heterocycles. The Morgan fingerprint density at radius 2 is 1.57 bits per heavy atom. The van der Waals surface area contributed by atoms with Gasteiger partial charge in [0.05, 0.1) is 12.1 Å². The van der Waals surface area contributed by atoms with E-state index in [0.29, 0.717) is 5.56 Å². The Labute approximate surface area is 183 Å². The Kier molecular flexibility index (Phi) is 4.93. The van der Waals surface area contributed by atoms with Crippen LogP contribution in [0.5, 0.6) is 0 Å². The summed E-state index contributed by atoms with van der Waals surface area (Å²) >= 11 is 3.48. The fourth-order valence-corrected chi connectivity index (χ4v) is 4.91. The largest absolute Gasteiger partial charge is 0.303 e. The van der Waals surface area contributed by atoms with Crippen molar-refractivity contribution >= 4 is 27.5 Å². The zero-order valence-electron chi connectivity index (χ0n) is 16.3. The van der Waals surface area contributed by atoms with Crippen molar-refractivity contribution in [2.45, 2.75) is 25.0 Å². The summed E-state index contributed by atoms with van der Waals surface area (Å²) < 4.78 is 16.0. The van der Waals surface area contributed by atoms with Crippen LogP contribution in [0.15, 0.2) is 77.3 Å². The number of hydrogen-bond acceptors (Lipinski definition) is 3. The minimum Gasteiger partial charge on any atom is -0.303 e. The van der Waals surface area contributed by atoms with Gasteiger partial charge in [0.2, 0.25) is 5.91 Å². The molecule has 0 bridgehead atoms. The number of anilines is 1. The van der Waals surface area contributed by atoms with E-state index in [9.17, 15) is 9.18 Å². The summed E-state index contributed by atoms with van der Waals surface area (Å²) in [7, 11) is 0. The highest BCUT2D eigenvalue weighted by atomic mass is 79.9. The van der Waals surface area contributed by atoms with E-state index in [0.717, 1.165) is 21.3 Å². The summed E-state index contributed by atoms with van der Waals surface area (Å²) in [6, 6.07) is 21.6. The first-order valence-corrected chi connectivity index (χ1v) is 10.7. The highest BCUT2D eigenvalue weighted by molar-refractivity contribution is 9.10. The summed E-state index contributed by atoms with van der Waals surface area (Å²) in [6.07, 6.45) is 0. The van der Waals surface area contributed by atoms with Crippen molar-refractivity contribution in [3.63, 3.8) is 0 Å². The van der Waals surface area contributed by atoms with E-state index in [1.807, 2.05) is 61.5 Å². The van der Waals surface area contributed by atoms with E-state index < -0.39 is 12.1 Å². The summed E-state index contributed by atoms with van der Waals surface area (Å²) in [6.45, 7) is 2.01. The van der Waals surface area contributed by atoms with Gasteiger partial charge in [-0.15, -0.1) is 0 Å². The lowest BCUT2D eigenvalue weighted by Gasteiger charge is -2.31. The molecule has 6 heteroatoms. The third-order valence-corrected chi connectivity index (χ3v) is 6.60. The molecule has 0 saturated carbocycles. The average molecular weight is 466 g/mol. The Balaban J connectivity index is 1.64. The van der Waals surface area contributed by atoms with Crippen molar-refractivity contribution in [1.29, 1.82) is 0 Å².